The minimum absolute atomic E-state index is 0.0488. The molecule has 0 radical (unpaired) electrons. The molecule has 3 aliphatic rings. The van der Waals surface area contributed by atoms with E-state index in [1.165, 1.54) is 12.8 Å². The van der Waals surface area contributed by atoms with Crippen molar-refractivity contribution in [3.05, 3.63) is 35.8 Å². The van der Waals surface area contributed by atoms with Crippen molar-refractivity contribution in [3.63, 3.8) is 0 Å². The Labute approximate surface area is 234 Å². The normalized spacial score (nSPS) is 19.4. The Bertz CT molecular complexity index is 1560. The molecule has 0 unspecified atom stereocenters. The van der Waals surface area contributed by atoms with E-state index in [1.807, 2.05) is 23.0 Å². The Kier molecular flexibility index (Phi) is 7.21. The van der Waals surface area contributed by atoms with Crippen molar-refractivity contribution < 1.29 is 13.2 Å². The van der Waals surface area contributed by atoms with Crippen LogP contribution in [0.3, 0.4) is 0 Å². The summed E-state index contributed by atoms with van der Waals surface area (Å²) >= 11 is 0. The Balaban J connectivity index is 1.46. The maximum Gasteiger partial charge on any atom is 0.283 e. The maximum atomic E-state index is 13.1. The molecule has 1 aliphatic heterocycles. The molecule has 210 valence electrons. The monoisotopic (exact) mass is 561 g/mol. The second-order valence-corrected chi connectivity index (χ2v) is 13.3. The van der Waals surface area contributed by atoms with Gasteiger partial charge in [0.05, 0.1) is 29.4 Å². The zero-order chi connectivity index (χ0) is 27.9. The van der Waals surface area contributed by atoms with Gasteiger partial charge < -0.3 is 4.90 Å². The van der Waals surface area contributed by atoms with Crippen LogP contribution in [0.1, 0.15) is 92.4 Å². The average molecular weight is 562 g/mol. The lowest BCUT2D eigenvalue weighted by Gasteiger charge is -2.30. The van der Waals surface area contributed by atoms with E-state index in [1.54, 1.807) is 6.07 Å². The largest absolute Gasteiger partial charge is 0.357 e. The fourth-order valence-corrected chi connectivity index (χ4v) is 6.69. The summed E-state index contributed by atoms with van der Waals surface area (Å²) < 4.78 is 27.9. The van der Waals surface area contributed by atoms with Crippen molar-refractivity contribution in [2.75, 3.05) is 24.2 Å². The first-order valence-electron chi connectivity index (χ1n) is 14.4. The molecule has 3 aromatic heterocycles. The highest BCUT2D eigenvalue weighted by Crippen LogP contribution is 2.44. The van der Waals surface area contributed by atoms with Gasteiger partial charge in [-0.2, -0.15) is 10.4 Å². The number of nitrogens with zero attached hydrogens (tertiary/aromatic N) is 6. The number of carbonyl (C=O) groups excluding carboxylic acids is 1. The fraction of sp³-hybridized carbons (Fsp3) is 0.552. The number of pyridine rings is 2. The number of amides is 1. The second-order valence-electron chi connectivity index (χ2n) is 11.5. The first-order valence-corrected chi connectivity index (χ1v) is 16.3. The third-order valence-corrected chi connectivity index (χ3v) is 9.23. The molecule has 1 amide bonds. The zero-order valence-corrected chi connectivity index (χ0v) is 23.7. The van der Waals surface area contributed by atoms with Crippen molar-refractivity contribution in [2.24, 2.45) is 5.92 Å². The van der Waals surface area contributed by atoms with E-state index in [9.17, 15) is 18.5 Å². The third-order valence-electron chi connectivity index (χ3n) is 8.67. The predicted octanol–water partition coefficient (Wildman–Crippen LogP) is 4.70. The van der Waals surface area contributed by atoms with Gasteiger partial charge in [-0.3, -0.25) is 4.79 Å². The van der Waals surface area contributed by atoms with E-state index in [2.05, 4.69) is 15.7 Å². The number of hydrogen-bond acceptors (Lipinski definition) is 8. The smallest absolute Gasteiger partial charge is 0.283 e. The molecular formula is C29H35N7O3S. The highest BCUT2D eigenvalue weighted by molar-refractivity contribution is 7.89. The molecule has 1 saturated heterocycles. The summed E-state index contributed by atoms with van der Waals surface area (Å²) in [5.41, 5.74) is 3.35. The summed E-state index contributed by atoms with van der Waals surface area (Å²) in [6.07, 6.45) is 13.2. The summed E-state index contributed by atoms with van der Waals surface area (Å²) in [6, 6.07) is 8.26. The third kappa shape index (κ3) is 5.29. The first-order chi connectivity index (χ1) is 19.3. The molecule has 40 heavy (non-hydrogen) atoms. The minimum atomic E-state index is -3.76. The Morgan fingerprint density at radius 1 is 1.05 bits per heavy atom. The fourth-order valence-electron chi connectivity index (χ4n) is 6.25. The highest BCUT2D eigenvalue weighted by atomic mass is 32.2. The number of carbonyl (C=O) groups is 1. The number of nitriles is 1. The number of aromatic nitrogens is 4. The highest BCUT2D eigenvalue weighted by Gasteiger charge is 2.31. The number of nitrogens with one attached hydrogen (secondary N) is 1. The number of fused-ring (bicyclic) bond motifs is 1. The summed E-state index contributed by atoms with van der Waals surface area (Å²) in [4.78, 5) is 24.8. The molecule has 11 heteroatoms. The summed E-state index contributed by atoms with van der Waals surface area (Å²) in [5.74, 6) is 0.551. The Hall–Kier alpha value is -3.52. The van der Waals surface area contributed by atoms with E-state index in [-0.39, 0.29) is 17.7 Å². The molecule has 10 nitrogen and oxygen atoms in total. The van der Waals surface area contributed by atoms with E-state index in [0.717, 1.165) is 98.7 Å². The van der Waals surface area contributed by atoms with Gasteiger partial charge in [0.15, 0.2) is 5.65 Å². The number of anilines is 1. The van der Waals surface area contributed by atoms with Crippen molar-refractivity contribution in [2.45, 2.75) is 76.2 Å². The first kappa shape index (κ1) is 26.7. The topological polar surface area (TPSA) is 134 Å². The van der Waals surface area contributed by atoms with Crippen LogP contribution in [-0.4, -0.2) is 53.4 Å². The molecular weight excluding hydrogens is 526 g/mol. The summed E-state index contributed by atoms with van der Waals surface area (Å²) in [5, 5.41) is 15.3. The van der Waals surface area contributed by atoms with E-state index >= 15 is 0 Å². The Morgan fingerprint density at radius 3 is 2.40 bits per heavy atom. The van der Waals surface area contributed by atoms with Crippen LogP contribution in [-0.2, 0) is 10.0 Å². The molecule has 4 heterocycles. The predicted molar refractivity (Wildman–Crippen MR) is 152 cm³/mol. The van der Waals surface area contributed by atoms with Crippen LogP contribution in [0, 0.1) is 17.2 Å². The van der Waals surface area contributed by atoms with Crippen molar-refractivity contribution in [3.8, 4) is 17.2 Å². The number of hydrogen-bond donors (Lipinski definition) is 1. The summed E-state index contributed by atoms with van der Waals surface area (Å²) in [6.45, 7) is 1.58. The lowest BCUT2D eigenvalue weighted by atomic mass is 9.81. The van der Waals surface area contributed by atoms with Crippen molar-refractivity contribution in [1.82, 2.24) is 24.5 Å². The van der Waals surface area contributed by atoms with Gasteiger partial charge >= 0.3 is 0 Å². The molecule has 3 aromatic rings. The lowest BCUT2D eigenvalue weighted by molar-refractivity contribution is 0.0977. The van der Waals surface area contributed by atoms with E-state index in [4.69, 9.17) is 15.1 Å². The molecule has 3 fully saturated rings. The average Bonchev–Trinajstić information content (AvgIpc) is 3.30. The van der Waals surface area contributed by atoms with Gasteiger partial charge in [-0.25, -0.2) is 27.8 Å². The SMILES string of the molecule is CS(=O)(=O)NC(=O)c1cc(-c2ccc(N3CCC(C#N)CC3)nc2)c2c(C3CCC3)nn(C3CCCCC3)c2n1. The van der Waals surface area contributed by atoms with Gasteiger partial charge in [-0.05, 0) is 62.3 Å². The standard InChI is InChI=1S/C29H35N7O3S/c1-40(38,39)34-29(37)24-16-23(21-10-11-25(31-18-21)35-14-12-19(17-30)13-15-35)26-27(20-6-5-7-20)33-36(28(26)32-24)22-8-3-2-4-9-22/h10-11,16,18-20,22H,2-9,12-15H2,1H3,(H,34,37). The van der Waals surface area contributed by atoms with Gasteiger partial charge in [-0.15, -0.1) is 0 Å². The molecule has 0 bridgehead atoms. The lowest BCUT2D eigenvalue weighted by Crippen LogP contribution is -2.33. The van der Waals surface area contributed by atoms with Crippen LogP contribution in [0.25, 0.3) is 22.2 Å². The van der Waals surface area contributed by atoms with Crippen molar-refractivity contribution in [1.29, 1.82) is 5.26 Å². The summed E-state index contributed by atoms with van der Waals surface area (Å²) in [7, 11) is -3.76. The van der Waals surface area contributed by atoms with Crippen molar-refractivity contribution >= 4 is 32.8 Å². The van der Waals surface area contributed by atoms with Crippen LogP contribution in [0.4, 0.5) is 5.82 Å². The van der Waals surface area contributed by atoms with E-state index in [0.29, 0.717) is 11.6 Å². The van der Waals surface area contributed by atoms with Gasteiger partial charge in [0, 0.05) is 36.7 Å². The molecule has 0 spiro atoms. The van der Waals surface area contributed by atoms with Crippen LogP contribution in [0.15, 0.2) is 24.4 Å². The number of piperidine rings is 1. The van der Waals surface area contributed by atoms with Crippen LogP contribution >= 0.6 is 0 Å². The molecule has 0 aromatic carbocycles. The van der Waals surface area contributed by atoms with Crippen LogP contribution in [0.2, 0.25) is 0 Å². The molecule has 2 aliphatic carbocycles. The van der Waals surface area contributed by atoms with Crippen LogP contribution in [0.5, 0.6) is 0 Å². The van der Waals surface area contributed by atoms with Crippen LogP contribution < -0.4 is 9.62 Å². The number of sulfonamides is 1. The van der Waals surface area contributed by atoms with Gasteiger partial charge in [0.1, 0.15) is 11.5 Å². The van der Waals surface area contributed by atoms with E-state index < -0.39 is 15.9 Å². The Morgan fingerprint density at radius 2 is 1.80 bits per heavy atom. The minimum Gasteiger partial charge on any atom is -0.357 e. The molecule has 2 saturated carbocycles. The van der Waals surface area contributed by atoms with Gasteiger partial charge in [0.25, 0.3) is 5.91 Å². The van der Waals surface area contributed by atoms with Gasteiger partial charge in [-0.1, -0.05) is 25.7 Å². The quantitative estimate of drug-likeness (QED) is 0.458. The molecule has 6 rings (SSSR count). The maximum absolute atomic E-state index is 13.1. The second kappa shape index (κ2) is 10.8. The van der Waals surface area contributed by atoms with Gasteiger partial charge in [0.2, 0.25) is 10.0 Å². The number of rotatable bonds is 6. The molecule has 0 atom stereocenters. The zero-order valence-electron chi connectivity index (χ0n) is 22.8. The molecule has 1 N–H and O–H groups in total.